The van der Waals surface area contributed by atoms with Gasteiger partial charge in [-0.25, -0.2) is 0 Å². The third kappa shape index (κ3) is 4.83. The minimum Gasteiger partial charge on any atom is -0.452 e. The Labute approximate surface area is 170 Å². The van der Waals surface area contributed by atoms with Gasteiger partial charge in [-0.15, -0.1) is 0 Å². The second-order valence-electron chi connectivity index (χ2n) is 7.32. The molecule has 0 saturated carbocycles. The number of carbonyl (C=O) groups excluding carboxylic acids is 3. The first-order valence-corrected chi connectivity index (χ1v) is 9.85. The molecule has 152 valence electrons. The number of ether oxygens (including phenoxy) is 1. The van der Waals surface area contributed by atoms with E-state index < -0.39 is 23.9 Å². The minimum atomic E-state index is -0.948. The number of aryl methyl sites for hydroxylation is 2. The Morgan fingerprint density at radius 2 is 1.86 bits per heavy atom. The van der Waals surface area contributed by atoms with Crippen LogP contribution in [0, 0.1) is 12.8 Å². The van der Waals surface area contributed by atoms with E-state index in [1.165, 1.54) is 6.92 Å². The molecule has 0 radical (unpaired) electrons. The Hall–Kier alpha value is -3.15. The highest BCUT2D eigenvalue weighted by molar-refractivity contribution is 6.01. The molecule has 0 aliphatic carbocycles. The molecule has 6 heteroatoms. The first-order chi connectivity index (χ1) is 13.9. The maximum absolute atomic E-state index is 12.6. The lowest BCUT2D eigenvalue weighted by atomic mass is 10.1. The van der Waals surface area contributed by atoms with Crippen LogP contribution in [0.15, 0.2) is 48.5 Å². The van der Waals surface area contributed by atoms with E-state index >= 15 is 0 Å². The van der Waals surface area contributed by atoms with Gasteiger partial charge in [0, 0.05) is 24.3 Å². The van der Waals surface area contributed by atoms with Gasteiger partial charge >= 0.3 is 5.97 Å². The molecule has 1 aliphatic heterocycles. The molecule has 2 aromatic carbocycles. The number of nitrogens with zero attached hydrogens (tertiary/aromatic N) is 1. The topological polar surface area (TPSA) is 75.7 Å². The number of esters is 1. The van der Waals surface area contributed by atoms with E-state index in [9.17, 15) is 14.4 Å². The molecule has 0 aromatic heterocycles. The first kappa shape index (κ1) is 20.6. The SMILES string of the molecule is CCc1ccccc1N1C[C@H](C(=O)O[C@@H](C)C(=O)Nc2ccc(C)cc2)CC1=O. The third-order valence-electron chi connectivity index (χ3n) is 5.10. The van der Waals surface area contributed by atoms with Crippen LogP contribution in [0.25, 0.3) is 0 Å². The van der Waals surface area contributed by atoms with Crippen molar-refractivity contribution < 1.29 is 19.1 Å². The Morgan fingerprint density at radius 3 is 2.55 bits per heavy atom. The van der Waals surface area contributed by atoms with E-state index in [1.54, 1.807) is 17.0 Å². The molecule has 3 rings (SSSR count). The van der Waals surface area contributed by atoms with E-state index in [-0.39, 0.29) is 18.9 Å². The molecular weight excluding hydrogens is 368 g/mol. The van der Waals surface area contributed by atoms with Gasteiger partial charge in [0.25, 0.3) is 5.91 Å². The molecule has 1 saturated heterocycles. The van der Waals surface area contributed by atoms with Crippen molar-refractivity contribution in [3.05, 3.63) is 59.7 Å². The van der Waals surface area contributed by atoms with Crippen LogP contribution in [0.5, 0.6) is 0 Å². The normalized spacial score (nSPS) is 17.1. The Bertz CT molecular complexity index is 907. The number of carbonyl (C=O) groups is 3. The summed E-state index contributed by atoms with van der Waals surface area (Å²) in [6.45, 7) is 5.78. The molecule has 0 spiro atoms. The number of nitrogens with one attached hydrogen (secondary N) is 1. The molecule has 0 unspecified atom stereocenters. The van der Waals surface area contributed by atoms with Crippen LogP contribution in [0.4, 0.5) is 11.4 Å². The lowest BCUT2D eigenvalue weighted by Gasteiger charge is -2.20. The zero-order valence-corrected chi connectivity index (χ0v) is 17.0. The summed E-state index contributed by atoms with van der Waals surface area (Å²) in [5.74, 6) is -1.62. The average molecular weight is 394 g/mol. The zero-order valence-electron chi connectivity index (χ0n) is 17.0. The quantitative estimate of drug-likeness (QED) is 0.761. The van der Waals surface area contributed by atoms with Gasteiger partial charge in [-0.3, -0.25) is 14.4 Å². The number of amides is 2. The molecule has 2 atom stereocenters. The summed E-state index contributed by atoms with van der Waals surface area (Å²) in [6.07, 6.45) is -0.0649. The van der Waals surface area contributed by atoms with Gasteiger partial charge in [0.15, 0.2) is 6.10 Å². The van der Waals surface area contributed by atoms with Crippen LogP contribution < -0.4 is 10.2 Å². The van der Waals surface area contributed by atoms with E-state index in [1.807, 2.05) is 50.2 Å². The fourth-order valence-corrected chi connectivity index (χ4v) is 3.38. The summed E-state index contributed by atoms with van der Waals surface area (Å²) in [4.78, 5) is 39.0. The Kier molecular flexibility index (Phi) is 6.32. The number of rotatable bonds is 6. The third-order valence-corrected chi connectivity index (χ3v) is 5.10. The Morgan fingerprint density at radius 1 is 1.17 bits per heavy atom. The van der Waals surface area contributed by atoms with Crippen molar-refractivity contribution >= 4 is 29.2 Å². The van der Waals surface area contributed by atoms with Crippen LogP contribution in [-0.2, 0) is 25.5 Å². The van der Waals surface area contributed by atoms with Crippen molar-refractivity contribution in [2.24, 2.45) is 5.92 Å². The van der Waals surface area contributed by atoms with Crippen molar-refractivity contribution in [3.63, 3.8) is 0 Å². The molecular formula is C23H26N2O4. The number of benzene rings is 2. The zero-order chi connectivity index (χ0) is 21.0. The second kappa shape index (κ2) is 8.90. The maximum atomic E-state index is 12.6. The van der Waals surface area contributed by atoms with Crippen LogP contribution in [0.2, 0.25) is 0 Å². The highest BCUT2D eigenvalue weighted by Crippen LogP contribution is 2.29. The highest BCUT2D eigenvalue weighted by atomic mass is 16.5. The summed E-state index contributed by atoms with van der Waals surface area (Å²) < 4.78 is 5.35. The van der Waals surface area contributed by atoms with Gasteiger partial charge < -0.3 is 15.0 Å². The van der Waals surface area contributed by atoms with Crippen molar-refractivity contribution in [2.75, 3.05) is 16.8 Å². The largest absolute Gasteiger partial charge is 0.452 e. The maximum Gasteiger partial charge on any atom is 0.312 e. The molecule has 1 N–H and O–H groups in total. The number of hydrogen-bond acceptors (Lipinski definition) is 4. The average Bonchev–Trinajstić information content (AvgIpc) is 3.11. The molecule has 6 nitrogen and oxygen atoms in total. The number of hydrogen-bond donors (Lipinski definition) is 1. The van der Waals surface area contributed by atoms with E-state index in [0.29, 0.717) is 5.69 Å². The van der Waals surface area contributed by atoms with Crippen LogP contribution >= 0.6 is 0 Å². The van der Waals surface area contributed by atoms with Crippen LogP contribution in [0.1, 0.15) is 31.4 Å². The summed E-state index contributed by atoms with van der Waals surface area (Å²) in [5.41, 5.74) is 3.62. The summed E-state index contributed by atoms with van der Waals surface area (Å²) in [7, 11) is 0. The standard InChI is InChI=1S/C23H26N2O4/c1-4-17-7-5-6-8-20(17)25-14-18(13-21(25)26)23(28)29-16(3)22(27)24-19-11-9-15(2)10-12-19/h5-12,16,18H,4,13-14H2,1-3H3,(H,24,27)/t16-,18+/m0/s1. The van der Waals surface area contributed by atoms with Gasteiger partial charge in [0.1, 0.15) is 0 Å². The summed E-state index contributed by atoms with van der Waals surface area (Å²) in [6, 6.07) is 15.0. The fraction of sp³-hybridized carbons (Fsp3) is 0.348. The van der Waals surface area contributed by atoms with E-state index in [4.69, 9.17) is 4.74 Å². The predicted molar refractivity (Wildman–Crippen MR) is 112 cm³/mol. The van der Waals surface area contributed by atoms with Crippen LogP contribution in [0.3, 0.4) is 0 Å². The molecule has 1 aliphatic rings. The van der Waals surface area contributed by atoms with Crippen molar-refractivity contribution in [2.45, 2.75) is 39.7 Å². The van der Waals surface area contributed by atoms with Crippen molar-refractivity contribution in [1.29, 1.82) is 0 Å². The highest BCUT2D eigenvalue weighted by Gasteiger charge is 2.37. The summed E-state index contributed by atoms with van der Waals surface area (Å²) >= 11 is 0. The minimum absolute atomic E-state index is 0.0865. The number of anilines is 2. The Balaban J connectivity index is 1.60. The van der Waals surface area contributed by atoms with E-state index in [0.717, 1.165) is 23.2 Å². The fourth-order valence-electron chi connectivity index (χ4n) is 3.38. The van der Waals surface area contributed by atoms with Crippen molar-refractivity contribution in [1.82, 2.24) is 0 Å². The van der Waals surface area contributed by atoms with Gasteiger partial charge in [-0.05, 0) is 44.0 Å². The molecule has 2 amide bonds. The van der Waals surface area contributed by atoms with Gasteiger partial charge in [-0.1, -0.05) is 42.8 Å². The first-order valence-electron chi connectivity index (χ1n) is 9.85. The van der Waals surface area contributed by atoms with Gasteiger partial charge in [0.2, 0.25) is 5.91 Å². The molecule has 2 aromatic rings. The monoisotopic (exact) mass is 394 g/mol. The molecule has 0 bridgehead atoms. The van der Waals surface area contributed by atoms with E-state index in [2.05, 4.69) is 5.32 Å². The van der Waals surface area contributed by atoms with Gasteiger partial charge in [-0.2, -0.15) is 0 Å². The molecule has 29 heavy (non-hydrogen) atoms. The lowest BCUT2D eigenvalue weighted by Crippen LogP contribution is -2.33. The smallest absolute Gasteiger partial charge is 0.312 e. The van der Waals surface area contributed by atoms with Crippen LogP contribution in [-0.4, -0.2) is 30.4 Å². The molecule has 1 fully saturated rings. The lowest BCUT2D eigenvalue weighted by molar-refractivity contribution is -0.157. The molecule has 1 heterocycles. The van der Waals surface area contributed by atoms with Crippen molar-refractivity contribution in [3.8, 4) is 0 Å². The second-order valence-corrected chi connectivity index (χ2v) is 7.32. The van der Waals surface area contributed by atoms with Gasteiger partial charge in [0.05, 0.1) is 5.92 Å². The predicted octanol–water partition coefficient (Wildman–Crippen LogP) is 3.48. The number of para-hydroxylation sites is 1. The summed E-state index contributed by atoms with van der Waals surface area (Å²) in [5, 5.41) is 2.73.